The Morgan fingerprint density at radius 1 is 1.22 bits per heavy atom. The van der Waals surface area contributed by atoms with E-state index in [-0.39, 0.29) is 11.3 Å². The van der Waals surface area contributed by atoms with E-state index in [9.17, 15) is 4.79 Å². The Hall–Kier alpha value is -1.92. The highest BCUT2D eigenvalue weighted by atomic mass is 32.2. The molecule has 5 nitrogen and oxygen atoms in total. The average Bonchev–Trinajstić information content (AvgIpc) is 3.20. The number of carbonyl (C=O) groups excluding carboxylic acids is 1. The van der Waals surface area contributed by atoms with Crippen LogP contribution in [0.3, 0.4) is 0 Å². The zero-order chi connectivity index (χ0) is 16.2. The van der Waals surface area contributed by atoms with Crippen LogP contribution >= 0.6 is 11.8 Å². The van der Waals surface area contributed by atoms with Crippen molar-refractivity contribution >= 4 is 17.7 Å². The number of ether oxygens (including phenoxy) is 2. The Bertz CT molecular complexity index is 669. The number of benzene rings is 1. The molecule has 1 saturated heterocycles. The molecule has 0 bridgehead atoms. The van der Waals surface area contributed by atoms with E-state index in [1.807, 2.05) is 35.4 Å². The maximum Gasteiger partial charge on any atom is 0.233 e. The predicted octanol–water partition coefficient (Wildman–Crippen LogP) is 2.71. The van der Waals surface area contributed by atoms with E-state index in [0.29, 0.717) is 18.9 Å². The molecule has 3 rings (SSSR count). The predicted molar refractivity (Wildman–Crippen MR) is 91.1 cm³/mol. The minimum atomic E-state index is 0.0668. The third kappa shape index (κ3) is 3.38. The van der Waals surface area contributed by atoms with Gasteiger partial charge in [-0.1, -0.05) is 0 Å². The number of amides is 1. The van der Waals surface area contributed by atoms with Gasteiger partial charge in [0.2, 0.25) is 5.91 Å². The van der Waals surface area contributed by atoms with Gasteiger partial charge in [0.05, 0.1) is 19.5 Å². The third-order valence-corrected chi connectivity index (χ3v) is 5.13. The Morgan fingerprint density at radius 3 is 2.70 bits per heavy atom. The number of hydrogen-bond acceptors (Lipinski definition) is 4. The lowest BCUT2D eigenvalue weighted by atomic mass is 10.3. The number of rotatable bonds is 6. The third-order valence-electron chi connectivity index (χ3n) is 3.88. The molecule has 1 aliphatic rings. The number of carbonyl (C=O) groups is 1. The lowest BCUT2D eigenvalue weighted by Gasteiger charge is -2.22. The van der Waals surface area contributed by atoms with E-state index < -0.39 is 0 Å². The largest absolute Gasteiger partial charge is 0.497 e. The molecule has 0 unspecified atom stereocenters. The van der Waals surface area contributed by atoms with Gasteiger partial charge in [0.15, 0.2) is 0 Å². The monoisotopic (exact) mass is 332 g/mol. The SMILES string of the molecule is COCCN1C(=O)CS[C@@H]1c1ccn(-c2ccc(OC)cc2)c1. The van der Waals surface area contributed by atoms with E-state index >= 15 is 0 Å². The molecular weight excluding hydrogens is 312 g/mol. The van der Waals surface area contributed by atoms with Crippen LogP contribution in [0.4, 0.5) is 0 Å². The lowest BCUT2D eigenvalue weighted by molar-refractivity contribution is -0.128. The maximum atomic E-state index is 12.0. The van der Waals surface area contributed by atoms with Gasteiger partial charge in [-0.25, -0.2) is 0 Å². The summed E-state index contributed by atoms with van der Waals surface area (Å²) in [5, 5.41) is 0.0668. The average molecular weight is 332 g/mol. The molecule has 1 amide bonds. The van der Waals surface area contributed by atoms with Crippen molar-refractivity contribution in [3.05, 3.63) is 48.3 Å². The van der Waals surface area contributed by atoms with Crippen molar-refractivity contribution in [1.82, 2.24) is 9.47 Å². The summed E-state index contributed by atoms with van der Waals surface area (Å²) in [6, 6.07) is 9.97. The molecule has 2 aromatic rings. The molecule has 1 aliphatic heterocycles. The summed E-state index contributed by atoms with van der Waals surface area (Å²) < 4.78 is 12.4. The zero-order valence-corrected chi connectivity index (χ0v) is 14.1. The molecule has 1 fully saturated rings. The molecule has 122 valence electrons. The summed E-state index contributed by atoms with van der Waals surface area (Å²) in [4.78, 5) is 13.9. The van der Waals surface area contributed by atoms with Crippen molar-refractivity contribution < 1.29 is 14.3 Å². The quantitative estimate of drug-likeness (QED) is 0.816. The van der Waals surface area contributed by atoms with Gasteiger partial charge in [0, 0.05) is 37.3 Å². The van der Waals surface area contributed by atoms with Crippen molar-refractivity contribution in [2.24, 2.45) is 0 Å². The molecule has 6 heteroatoms. The van der Waals surface area contributed by atoms with E-state index in [1.165, 1.54) is 0 Å². The van der Waals surface area contributed by atoms with E-state index in [2.05, 4.69) is 16.8 Å². The number of hydrogen-bond donors (Lipinski definition) is 0. The van der Waals surface area contributed by atoms with Crippen LogP contribution in [-0.2, 0) is 9.53 Å². The first-order valence-corrected chi connectivity index (χ1v) is 8.50. The van der Waals surface area contributed by atoms with Crippen LogP contribution in [0.25, 0.3) is 5.69 Å². The minimum absolute atomic E-state index is 0.0668. The van der Waals surface area contributed by atoms with Crippen molar-refractivity contribution in [1.29, 1.82) is 0 Å². The Labute approximate surface area is 140 Å². The summed E-state index contributed by atoms with van der Waals surface area (Å²) in [7, 11) is 3.31. The highest BCUT2D eigenvalue weighted by molar-refractivity contribution is 8.00. The molecular formula is C17H20N2O3S. The van der Waals surface area contributed by atoms with Crippen LogP contribution in [0.2, 0.25) is 0 Å². The van der Waals surface area contributed by atoms with Gasteiger partial charge in [0.1, 0.15) is 11.1 Å². The van der Waals surface area contributed by atoms with Gasteiger partial charge in [-0.2, -0.15) is 0 Å². The van der Waals surface area contributed by atoms with E-state index in [1.54, 1.807) is 26.0 Å². The Kier molecular flexibility index (Phi) is 4.93. The number of thioether (sulfide) groups is 1. The van der Waals surface area contributed by atoms with Gasteiger partial charge < -0.3 is 18.9 Å². The van der Waals surface area contributed by atoms with E-state index in [4.69, 9.17) is 9.47 Å². The molecule has 2 heterocycles. The van der Waals surface area contributed by atoms with Gasteiger partial charge in [-0.15, -0.1) is 11.8 Å². The van der Waals surface area contributed by atoms with Crippen molar-refractivity contribution in [2.45, 2.75) is 5.37 Å². The van der Waals surface area contributed by atoms with Crippen LogP contribution < -0.4 is 4.74 Å². The van der Waals surface area contributed by atoms with Crippen LogP contribution in [0, 0.1) is 0 Å². The van der Waals surface area contributed by atoms with Gasteiger partial charge in [0.25, 0.3) is 0 Å². The molecule has 0 radical (unpaired) electrons. The first-order chi connectivity index (χ1) is 11.2. The molecule has 23 heavy (non-hydrogen) atoms. The fraction of sp³-hybridized carbons (Fsp3) is 0.353. The molecule has 0 saturated carbocycles. The van der Waals surface area contributed by atoms with Gasteiger partial charge in [-0.05, 0) is 30.3 Å². The van der Waals surface area contributed by atoms with E-state index in [0.717, 1.165) is 17.0 Å². The molecule has 1 atom stereocenters. The van der Waals surface area contributed by atoms with Crippen LogP contribution in [0.15, 0.2) is 42.7 Å². The minimum Gasteiger partial charge on any atom is -0.497 e. The lowest BCUT2D eigenvalue weighted by Crippen LogP contribution is -2.31. The topological polar surface area (TPSA) is 43.7 Å². The number of aromatic nitrogens is 1. The Balaban J connectivity index is 1.78. The summed E-state index contributed by atoms with van der Waals surface area (Å²) in [5.74, 6) is 1.54. The van der Waals surface area contributed by atoms with Gasteiger partial charge >= 0.3 is 0 Å². The van der Waals surface area contributed by atoms with Crippen molar-refractivity contribution in [3.8, 4) is 11.4 Å². The smallest absolute Gasteiger partial charge is 0.233 e. The fourth-order valence-electron chi connectivity index (χ4n) is 2.64. The number of methoxy groups -OCH3 is 2. The molecule has 0 spiro atoms. The summed E-state index contributed by atoms with van der Waals surface area (Å²) >= 11 is 1.66. The van der Waals surface area contributed by atoms with Crippen molar-refractivity contribution in [2.75, 3.05) is 33.1 Å². The summed E-state index contributed by atoms with van der Waals surface area (Å²) in [6.07, 6.45) is 4.10. The summed E-state index contributed by atoms with van der Waals surface area (Å²) in [6.45, 7) is 1.18. The van der Waals surface area contributed by atoms with Crippen LogP contribution in [0.5, 0.6) is 5.75 Å². The zero-order valence-electron chi connectivity index (χ0n) is 13.3. The first kappa shape index (κ1) is 16.0. The van der Waals surface area contributed by atoms with Crippen LogP contribution in [-0.4, -0.2) is 48.5 Å². The summed E-state index contributed by atoms with van der Waals surface area (Å²) in [5.41, 5.74) is 2.20. The molecule has 1 aromatic heterocycles. The van der Waals surface area contributed by atoms with Crippen molar-refractivity contribution in [3.63, 3.8) is 0 Å². The highest BCUT2D eigenvalue weighted by Gasteiger charge is 2.32. The second-order valence-electron chi connectivity index (χ2n) is 5.29. The number of nitrogens with zero attached hydrogens (tertiary/aromatic N) is 2. The fourth-order valence-corrected chi connectivity index (χ4v) is 3.84. The Morgan fingerprint density at radius 2 is 2.00 bits per heavy atom. The maximum absolute atomic E-state index is 12.0. The van der Waals surface area contributed by atoms with Gasteiger partial charge in [-0.3, -0.25) is 4.79 Å². The van der Waals surface area contributed by atoms with Crippen LogP contribution in [0.1, 0.15) is 10.9 Å². The normalized spacial score (nSPS) is 17.7. The second kappa shape index (κ2) is 7.10. The second-order valence-corrected chi connectivity index (χ2v) is 6.36. The first-order valence-electron chi connectivity index (χ1n) is 7.45. The highest BCUT2D eigenvalue weighted by Crippen LogP contribution is 2.38. The molecule has 0 N–H and O–H groups in total. The molecule has 0 aliphatic carbocycles. The standard InChI is InChI=1S/C17H20N2O3S/c1-21-10-9-19-16(20)12-23-17(19)13-7-8-18(11-13)14-3-5-15(22-2)6-4-14/h3-8,11,17H,9-10,12H2,1-2H3/t17-/m1/s1. The molecule has 1 aromatic carbocycles.